The Hall–Kier alpha value is -2.47. The maximum atomic E-state index is 12.7. The van der Waals surface area contributed by atoms with Gasteiger partial charge in [0.05, 0.1) is 10.3 Å². The zero-order valence-electron chi connectivity index (χ0n) is 14.9. The monoisotopic (exact) mass is 367 g/mol. The van der Waals surface area contributed by atoms with Crippen molar-refractivity contribution in [2.45, 2.75) is 39.2 Å². The van der Waals surface area contributed by atoms with E-state index in [2.05, 4.69) is 29.4 Å². The SMILES string of the molecule is Cc1c(C(=O)NC[C@@H](C)c2ccccc2)sc2nc3n(c(=O)c12)CCC3. The minimum absolute atomic E-state index is 0.00652. The van der Waals surface area contributed by atoms with Gasteiger partial charge in [0.15, 0.2) is 0 Å². The number of aromatic nitrogens is 2. The molecule has 1 atom stereocenters. The first-order valence-electron chi connectivity index (χ1n) is 8.92. The summed E-state index contributed by atoms with van der Waals surface area (Å²) in [5, 5.41) is 3.61. The number of rotatable bonds is 4. The predicted molar refractivity (Wildman–Crippen MR) is 104 cm³/mol. The van der Waals surface area contributed by atoms with Crippen LogP contribution in [0.3, 0.4) is 0 Å². The van der Waals surface area contributed by atoms with Gasteiger partial charge in [-0.05, 0) is 30.4 Å². The number of benzene rings is 1. The van der Waals surface area contributed by atoms with Crippen LogP contribution in [0.4, 0.5) is 0 Å². The normalized spacial score (nSPS) is 14.4. The first-order valence-corrected chi connectivity index (χ1v) is 9.74. The molecule has 0 aliphatic carbocycles. The van der Waals surface area contributed by atoms with E-state index in [0.29, 0.717) is 21.6 Å². The number of hydrogen-bond donors (Lipinski definition) is 1. The number of amides is 1. The third-order valence-corrected chi connectivity index (χ3v) is 6.24. The summed E-state index contributed by atoms with van der Waals surface area (Å²) >= 11 is 1.32. The summed E-state index contributed by atoms with van der Waals surface area (Å²) in [5.41, 5.74) is 1.93. The lowest BCUT2D eigenvalue weighted by molar-refractivity contribution is 0.0955. The highest BCUT2D eigenvalue weighted by Crippen LogP contribution is 2.28. The molecule has 0 unspecified atom stereocenters. The summed E-state index contributed by atoms with van der Waals surface area (Å²) in [6.07, 6.45) is 1.79. The average Bonchev–Trinajstić information content (AvgIpc) is 3.25. The first-order chi connectivity index (χ1) is 12.6. The maximum absolute atomic E-state index is 12.7. The topological polar surface area (TPSA) is 64.0 Å². The van der Waals surface area contributed by atoms with Crippen molar-refractivity contribution < 1.29 is 4.79 Å². The molecule has 134 valence electrons. The van der Waals surface area contributed by atoms with Crippen molar-refractivity contribution in [1.82, 2.24) is 14.9 Å². The maximum Gasteiger partial charge on any atom is 0.262 e. The molecule has 0 spiro atoms. The molecule has 0 bridgehead atoms. The molecule has 1 aliphatic rings. The Bertz CT molecular complexity index is 1040. The molecule has 3 aromatic rings. The second kappa shape index (κ2) is 6.68. The van der Waals surface area contributed by atoms with Gasteiger partial charge in [-0.25, -0.2) is 4.98 Å². The molecule has 2 aromatic heterocycles. The largest absolute Gasteiger partial charge is 0.351 e. The van der Waals surface area contributed by atoms with Gasteiger partial charge in [-0.2, -0.15) is 0 Å². The van der Waals surface area contributed by atoms with Gasteiger partial charge in [0, 0.05) is 19.5 Å². The van der Waals surface area contributed by atoms with Crippen LogP contribution in [0.5, 0.6) is 0 Å². The molecular formula is C20H21N3O2S. The summed E-state index contributed by atoms with van der Waals surface area (Å²) in [6, 6.07) is 10.1. The van der Waals surface area contributed by atoms with Crippen molar-refractivity contribution in [3.63, 3.8) is 0 Å². The predicted octanol–water partition coefficient (Wildman–Crippen LogP) is 3.25. The molecule has 0 fully saturated rings. The highest BCUT2D eigenvalue weighted by molar-refractivity contribution is 7.20. The molecule has 4 rings (SSSR count). The summed E-state index contributed by atoms with van der Waals surface area (Å²) in [4.78, 5) is 31.3. The molecule has 0 radical (unpaired) electrons. The highest BCUT2D eigenvalue weighted by atomic mass is 32.1. The van der Waals surface area contributed by atoms with E-state index in [1.807, 2.05) is 25.1 Å². The van der Waals surface area contributed by atoms with Gasteiger partial charge in [0.25, 0.3) is 11.5 Å². The number of thiophene rings is 1. The van der Waals surface area contributed by atoms with Crippen LogP contribution in [0, 0.1) is 6.92 Å². The first kappa shape index (κ1) is 17.0. The Kier molecular flexibility index (Phi) is 4.36. The van der Waals surface area contributed by atoms with E-state index in [9.17, 15) is 9.59 Å². The molecule has 0 saturated heterocycles. The van der Waals surface area contributed by atoms with E-state index >= 15 is 0 Å². The van der Waals surface area contributed by atoms with Crippen LogP contribution >= 0.6 is 11.3 Å². The van der Waals surface area contributed by atoms with Crippen LogP contribution in [0.2, 0.25) is 0 Å². The number of carbonyl (C=O) groups excluding carboxylic acids is 1. The second-order valence-corrected chi connectivity index (χ2v) is 7.85. The quantitative estimate of drug-likeness (QED) is 0.770. The lowest BCUT2D eigenvalue weighted by Crippen LogP contribution is -2.27. The molecule has 5 nitrogen and oxygen atoms in total. The lowest BCUT2D eigenvalue weighted by Gasteiger charge is -2.12. The number of carbonyl (C=O) groups is 1. The average molecular weight is 367 g/mol. The lowest BCUT2D eigenvalue weighted by atomic mass is 10.0. The molecule has 0 saturated carbocycles. The zero-order valence-corrected chi connectivity index (χ0v) is 15.7. The molecule has 1 amide bonds. The van der Waals surface area contributed by atoms with Crippen molar-refractivity contribution >= 4 is 27.5 Å². The van der Waals surface area contributed by atoms with Crippen molar-refractivity contribution in [3.05, 3.63) is 62.5 Å². The molecule has 1 aliphatic heterocycles. The van der Waals surface area contributed by atoms with Crippen molar-refractivity contribution in [2.75, 3.05) is 6.54 Å². The van der Waals surface area contributed by atoms with E-state index in [1.54, 1.807) is 4.57 Å². The smallest absolute Gasteiger partial charge is 0.262 e. The van der Waals surface area contributed by atoms with Gasteiger partial charge in [-0.15, -0.1) is 11.3 Å². The van der Waals surface area contributed by atoms with E-state index in [0.717, 1.165) is 30.8 Å². The van der Waals surface area contributed by atoms with Crippen molar-refractivity contribution in [3.8, 4) is 0 Å². The fourth-order valence-electron chi connectivity index (χ4n) is 3.52. The van der Waals surface area contributed by atoms with E-state index < -0.39 is 0 Å². The molecule has 1 aromatic carbocycles. The van der Waals surface area contributed by atoms with Gasteiger partial charge in [0.1, 0.15) is 10.7 Å². The Morgan fingerprint density at radius 2 is 2.12 bits per heavy atom. The molecular weight excluding hydrogens is 346 g/mol. The molecule has 26 heavy (non-hydrogen) atoms. The van der Waals surface area contributed by atoms with Gasteiger partial charge < -0.3 is 5.32 Å². The number of fused-ring (bicyclic) bond motifs is 2. The van der Waals surface area contributed by atoms with Crippen LogP contribution in [0.1, 0.15) is 45.9 Å². The minimum atomic E-state index is -0.127. The van der Waals surface area contributed by atoms with Gasteiger partial charge in [0.2, 0.25) is 0 Å². The molecule has 6 heteroatoms. The summed E-state index contributed by atoms with van der Waals surface area (Å²) in [7, 11) is 0. The zero-order chi connectivity index (χ0) is 18.3. The van der Waals surface area contributed by atoms with E-state index in [4.69, 9.17) is 0 Å². The van der Waals surface area contributed by atoms with Crippen LogP contribution in [-0.4, -0.2) is 22.0 Å². The van der Waals surface area contributed by atoms with Crippen LogP contribution in [-0.2, 0) is 13.0 Å². The molecule has 3 heterocycles. The fourth-order valence-corrected chi connectivity index (χ4v) is 4.62. The van der Waals surface area contributed by atoms with Crippen LogP contribution in [0.15, 0.2) is 35.1 Å². The Labute approximate surface area is 155 Å². The highest BCUT2D eigenvalue weighted by Gasteiger charge is 2.23. The number of nitrogens with one attached hydrogen (secondary N) is 1. The third kappa shape index (κ3) is 2.84. The van der Waals surface area contributed by atoms with Gasteiger partial charge in [-0.3, -0.25) is 14.2 Å². The Balaban J connectivity index is 1.59. The number of aryl methyl sites for hydroxylation is 2. The van der Waals surface area contributed by atoms with E-state index in [1.165, 1.54) is 16.9 Å². The number of nitrogens with zero attached hydrogens (tertiary/aromatic N) is 2. The Morgan fingerprint density at radius 3 is 2.88 bits per heavy atom. The fraction of sp³-hybridized carbons (Fsp3) is 0.350. The van der Waals surface area contributed by atoms with E-state index in [-0.39, 0.29) is 17.4 Å². The summed E-state index contributed by atoms with van der Waals surface area (Å²) in [6.45, 7) is 5.22. The number of hydrogen-bond acceptors (Lipinski definition) is 4. The summed E-state index contributed by atoms with van der Waals surface area (Å²) in [5.74, 6) is 0.939. The second-order valence-electron chi connectivity index (χ2n) is 6.85. The van der Waals surface area contributed by atoms with Crippen LogP contribution < -0.4 is 10.9 Å². The minimum Gasteiger partial charge on any atom is -0.351 e. The van der Waals surface area contributed by atoms with Crippen molar-refractivity contribution in [1.29, 1.82) is 0 Å². The molecule has 1 N–H and O–H groups in total. The van der Waals surface area contributed by atoms with Crippen LogP contribution in [0.25, 0.3) is 10.2 Å². The standard InChI is InChI=1S/C20H21N3O2S/c1-12(14-7-4-3-5-8-14)11-21-18(24)17-13(2)16-19(26-17)22-15-9-6-10-23(15)20(16)25/h3-5,7-8,12H,6,9-11H2,1-2H3,(H,21,24)/t12-/m1/s1. The van der Waals surface area contributed by atoms with Gasteiger partial charge in [-0.1, -0.05) is 37.3 Å². The Morgan fingerprint density at radius 1 is 1.35 bits per heavy atom. The summed E-state index contributed by atoms with van der Waals surface area (Å²) < 4.78 is 1.75. The van der Waals surface area contributed by atoms with Gasteiger partial charge >= 0.3 is 0 Å². The third-order valence-electron chi connectivity index (χ3n) is 5.06. The van der Waals surface area contributed by atoms with Crippen molar-refractivity contribution in [2.24, 2.45) is 0 Å².